The Hall–Kier alpha value is -1.02. The lowest BCUT2D eigenvalue weighted by molar-refractivity contribution is 0.0938. The van der Waals surface area contributed by atoms with Gasteiger partial charge in [0.15, 0.2) is 0 Å². The second kappa shape index (κ2) is 5.90. The fourth-order valence-electron chi connectivity index (χ4n) is 1.61. The van der Waals surface area contributed by atoms with Crippen LogP contribution in [0, 0.1) is 6.92 Å². The van der Waals surface area contributed by atoms with Crippen molar-refractivity contribution in [2.45, 2.75) is 39.7 Å². The molecule has 1 amide bonds. The Bertz CT molecular complexity index is 376. The lowest BCUT2D eigenvalue weighted by Gasteiger charge is -2.13. The van der Waals surface area contributed by atoms with Gasteiger partial charge in [-0.2, -0.15) is 0 Å². The van der Waals surface area contributed by atoms with E-state index in [1.54, 1.807) is 12.1 Å². The minimum atomic E-state index is -0.0917. The second-order valence-electron chi connectivity index (χ2n) is 4.15. The van der Waals surface area contributed by atoms with Crippen LogP contribution in [0.2, 0.25) is 5.02 Å². The van der Waals surface area contributed by atoms with Crippen molar-refractivity contribution in [2.24, 2.45) is 0 Å². The molecule has 0 aliphatic heterocycles. The van der Waals surface area contributed by atoms with Crippen LogP contribution in [0.1, 0.15) is 42.6 Å². The highest BCUT2D eigenvalue weighted by atomic mass is 35.5. The van der Waals surface area contributed by atoms with Crippen LogP contribution in [0.4, 0.5) is 0 Å². The summed E-state index contributed by atoms with van der Waals surface area (Å²) >= 11 is 6.02. The molecule has 0 saturated heterocycles. The molecule has 2 nitrogen and oxygen atoms in total. The van der Waals surface area contributed by atoms with E-state index in [2.05, 4.69) is 12.2 Å². The fraction of sp³-hybridized carbons (Fsp3) is 0.462. The molecule has 16 heavy (non-hydrogen) atoms. The molecule has 0 aromatic heterocycles. The monoisotopic (exact) mass is 239 g/mol. The zero-order chi connectivity index (χ0) is 12.1. The Morgan fingerprint density at radius 1 is 1.50 bits per heavy atom. The number of hydrogen-bond acceptors (Lipinski definition) is 1. The molecule has 88 valence electrons. The molecule has 0 bridgehead atoms. The number of nitrogens with one attached hydrogen (secondary N) is 1. The molecule has 1 aromatic rings. The van der Waals surface area contributed by atoms with E-state index < -0.39 is 0 Å². The average Bonchev–Trinajstić information content (AvgIpc) is 2.17. The van der Waals surface area contributed by atoms with E-state index in [1.165, 1.54) is 0 Å². The maximum Gasteiger partial charge on any atom is 0.252 e. The summed E-state index contributed by atoms with van der Waals surface area (Å²) in [6.07, 6.45) is 2.04. The quantitative estimate of drug-likeness (QED) is 0.855. The van der Waals surface area contributed by atoms with Gasteiger partial charge in [0.25, 0.3) is 5.91 Å². The van der Waals surface area contributed by atoms with E-state index in [1.807, 2.05) is 19.9 Å². The number of carbonyl (C=O) groups is 1. The largest absolute Gasteiger partial charge is 0.350 e. The van der Waals surface area contributed by atoms with Gasteiger partial charge in [-0.1, -0.05) is 31.0 Å². The first kappa shape index (κ1) is 13.0. The van der Waals surface area contributed by atoms with Gasteiger partial charge in [0.2, 0.25) is 0 Å². The first-order valence-corrected chi connectivity index (χ1v) is 5.99. The smallest absolute Gasteiger partial charge is 0.252 e. The normalized spacial score (nSPS) is 12.2. The van der Waals surface area contributed by atoms with Crippen LogP contribution >= 0.6 is 11.6 Å². The number of rotatable bonds is 4. The third-order valence-corrected chi connectivity index (χ3v) is 2.78. The van der Waals surface area contributed by atoms with Crippen molar-refractivity contribution in [3.8, 4) is 0 Å². The van der Waals surface area contributed by atoms with Crippen LogP contribution in [0.25, 0.3) is 0 Å². The molecule has 1 atom stereocenters. The highest BCUT2D eigenvalue weighted by Gasteiger charge is 2.12. The summed E-state index contributed by atoms with van der Waals surface area (Å²) in [6.45, 7) is 6.05. The van der Waals surface area contributed by atoms with Gasteiger partial charge in [0.05, 0.1) is 10.6 Å². The molecule has 1 N–H and O–H groups in total. The van der Waals surface area contributed by atoms with Crippen molar-refractivity contribution in [3.05, 3.63) is 34.3 Å². The number of benzene rings is 1. The Kier molecular flexibility index (Phi) is 4.81. The summed E-state index contributed by atoms with van der Waals surface area (Å²) in [6, 6.07) is 5.66. The molecule has 0 heterocycles. The van der Waals surface area contributed by atoms with Gasteiger partial charge in [-0.25, -0.2) is 0 Å². The third-order valence-electron chi connectivity index (χ3n) is 2.47. The summed E-state index contributed by atoms with van der Waals surface area (Å²) in [5.41, 5.74) is 1.61. The highest BCUT2D eigenvalue weighted by Crippen LogP contribution is 2.17. The Morgan fingerprint density at radius 2 is 2.19 bits per heavy atom. The molecule has 0 spiro atoms. The van der Waals surface area contributed by atoms with Crippen molar-refractivity contribution in [1.82, 2.24) is 5.32 Å². The van der Waals surface area contributed by atoms with E-state index >= 15 is 0 Å². The van der Waals surface area contributed by atoms with Gasteiger partial charge in [-0.05, 0) is 38.0 Å². The number of halogens is 1. The SMILES string of the molecule is CCC[C@H](C)NC(=O)c1ccc(C)cc1Cl. The van der Waals surface area contributed by atoms with E-state index in [9.17, 15) is 4.79 Å². The summed E-state index contributed by atoms with van der Waals surface area (Å²) in [7, 11) is 0. The predicted octanol–water partition coefficient (Wildman–Crippen LogP) is 3.57. The van der Waals surface area contributed by atoms with Crippen LogP contribution in [0.15, 0.2) is 18.2 Å². The Morgan fingerprint density at radius 3 is 2.75 bits per heavy atom. The van der Waals surface area contributed by atoms with Crippen LogP contribution in [-0.2, 0) is 0 Å². The predicted molar refractivity (Wildman–Crippen MR) is 68.0 cm³/mol. The van der Waals surface area contributed by atoms with Gasteiger partial charge in [0, 0.05) is 6.04 Å². The molecule has 0 fully saturated rings. The molecule has 0 aliphatic carbocycles. The third kappa shape index (κ3) is 3.53. The molecule has 3 heteroatoms. The van der Waals surface area contributed by atoms with E-state index in [0.29, 0.717) is 10.6 Å². The molecular formula is C13H18ClNO. The minimum Gasteiger partial charge on any atom is -0.350 e. The summed E-state index contributed by atoms with van der Waals surface area (Å²) in [5.74, 6) is -0.0917. The fourth-order valence-corrected chi connectivity index (χ4v) is 1.93. The van der Waals surface area contributed by atoms with Crippen LogP contribution in [-0.4, -0.2) is 11.9 Å². The van der Waals surface area contributed by atoms with Crippen LogP contribution < -0.4 is 5.32 Å². The first-order valence-electron chi connectivity index (χ1n) is 5.61. The van der Waals surface area contributed by atoms with E-state index in [4.69, 9.17) is 11.6 Å². The number of carbonyl (C=O) groups excluding carboxylic acids is 1. The highest BCUT2D eigenvalue weighted by molar-refractivity contribution is 6.33. The summed E-state index contributed by atoms with van der Waals surface area (Å²) in [5, 5.41) is 3.45. The Labute approximate surface area is 102 Å². The van der Waals surface area contributed by atoms with E-state index in [0.717, 1.165) is 18.4 Å². The molecule has 1 aromatic carbocycles. The zero-order valence-electron chi connectivity index (χ0n) is 10.0. The van der Waals surface area contributed by atoms with Crippen molar-refractivity contribution in [2.75, 3.05) is 0 Å². The van der Waals surface area contributed by atoms with Crippen LogP contribution in [0.5, 0.6) is 0 Å². The van der Waals surface area contributed by atoms with Crippen LogP contribution in [0.3, 0.4) is 0 Å². The Balaban J connectivity index is 2.73. The first-order chi connectivity index (χ1) is 7.54. The van der Waals surface area contributed by atoms with Gasteiger partial charge in [-0.15, -0.1) is 0 Å². The summed E-state index contributed by atoms with van der Waals surface area (Å²) in [4.78, 5) is 11.9. The molecule has 0 saturated carbocycles. The zero-order valence-corrected chi connectivity index (χ0v) is 10.8. The van der Waals surface area contributed by atoms with Crippen molar-refractivity contribution < 1.29 is 4.79 Å². The number of aryl methyl sites for hydroxylation is 1. The maximum atomic E-state index is 11.9. The summed E-state index contributed by atoms with van der Waals surface area (Å²) < 4.78 is 0. The van der Waals surface area contributed by atoms with Crippen molar-refractivity contribution in [3.63, 3.8) is 0 Å². The molecule has 1 rings (SSSR count). The maximum absolute atomic E-state index is 11.9. The standard InChI is InChI=1S/C13H18ClNO/c1-4-5-10(3)15-13(16)11-7-6-9(2)8-12(11)14/h6-8,10H,4-5H2,1-3H3,(H,15,16)/t10-/m0/s1. The van der Waals surface area contributed by atoms with E-state index in [-0.39, 0.29) is 11.9 Å². The van der Waals surface area contributed by atoms with Gasteiger partial charge in [-0.3, -0.25) is 4.79 Å². The lowest BCUT2D eigenvalue weighted by atomic mass is 10.1. The van der Waals surface area contributed by atoms with Crippen molar-refractivity contribution in [1.29, 1.82) is 0 Å². The number of amides is 1. The number of hydrogen-bond donors (Lipinski definition) is 1. The molecular weight excluding hydrogens is 222 g/mol. The minimum absolute atomic E-state index is 0.0917. The second-order valence-corrected chi connectivity index (χ2v) is 4.55. The van der Waals surface area contributed by atoms with Gasteiger partial charge >= 0.3 is 0 Å². The van der Waals surface area contributed by atoms with Gasteiger partial charge < -0.3 is 5.32 Å². The average molecular weight is 240 g/mol. The molecule has 0 unspecified atom stereocenters. The van der Waals surface area contributed by atoms with Crippen molar-refractivity contribution >= 4 is 17.5 Å². The molecule has 0 radical (unpaired) electrons. The topological polar surface area (TPSA) is 29.1 Å². The van der Waals surface area contributed by atoms with Gasteiger partial charge in [0.1, 0.15) is 0 Å². The molecule has 0 aliphatic rings. The lowest BCUT2D eigenvalue weighted by Crippen LogP contribution is -2.32.